The molecule has 2 nitrogen and oxygen atoms in total. The molecule has 1 aromatic rings. The highest BCUT2D eigenvalue weighted by Crippen LogP contribution is 2.13. The van der Waals surface area contributed by atoms with E-state index in [0.717, 1.165) is 0 Å². The molecule has 0 heterocycles. The Balaban J connectivity index is 4.09. The molecule has 0 N–H and O–H groups in total. The number of carbonyl (C=O) groups is 2. The Morgan fingerprint density at radius 1 is 0.955 bits per heavy atom. The van der Waals surface area contributed by atoms with Crippen LogP contribution in [-0.4, -0.2) is 77.5 Å². The second-order valence-corrected chi connectivity index (χ2v) is 5.14. The van der Waals surface area contributed by atoms with Crippen LogP contribution in [0.5, 0.6) is 0 Å². The molecule has 0 saturated heterocycles. The summed E-state index contributed by atoms with van der Waals surface area (Å²) >= 11 is 0. The maximum atomic E-state index is 12.2. The monoisotopic (exact) mass is 272 g/mol. The Morgan fingerprint density at radius 2 is 1.45 bits per heavy atom. The maximum Gasteiger partial charge on any atom is 0.160 e. The number of rotatable bonds is 6. The van der Waals surface area contributed by atoms with E-state index in [1.54, 1.807) is 6.92 Å². The summed E-state index contributed by atoms with van der Waals surface area (Å²) < 4.78 is 0. The average molecular weight is 270 g/mol. The molecule has 12 radical (unpaired) electrons. The summed E-state index contributed by atoms with van der Waals surface area (Å²) in [6.07, 6.45) is 0. The van der Waals surface area contributed by atoms with E-state index >= 15 is 0 Å². The fraction of sp³-hybridized carbons (Fsp3) is 0.273. The first kappa shape index (κ1) is 19.2. The molecular formula is C11H9B9O2. The molecule has 0 aromatic heterocycles. The smallest absolute Gasteiger partial charge is 0.160 e. The third-order valence-corrected chi connectivity index (χ3v) is 3.62. The van der Waals surface area contributed by atoms with Gasteiger partial charge in [0.2, 0.25) is 0 Å². The minimum Gasteiger partial charge on any atom is -0.295 e. The van der Waals surface area contributed by atoms with Crippen LogP contribution in [0.4, 0.5) is 0 Å². The van der Waals surface area contributed by atoms with Crippen molar-refractivity contribution in [3.8, 4) is 0 Å². The highest BCUT2D eigenvalue weighted by atomic mass is 16.1. The number of hydrogen-bond acceptors (Lipinski definition) is 2. The molecule has 0 aliphatic heterocycles. The normalized spacial score (nSPS) is 9.95. The molecule has 22 heavy (non-hydrogen) atoms. The van der Waals surface area contributed by atoms with Crippen molar-refractivity contribution in [2.45, 2.75) is 20.8 Å². The Morgan fingerprint density at radius 3 is 1.77 bits per heavy atom. The molecule has 0 bridgehead atoms. The number of carbonyl (C=O) groups excluding carboxylic acids is 2. The lowest BCUT2D eigenvalue weighted by Gasteiger charge is -2.28. The molecule has 11 heteroatoms. The number of Topliss-reactive ketones (excluding diaryl/α,β-unsaturated/α-hetero) is 2. The van der Waals surface area contributed by atoms with E-state index in [0.29, 0.717) is 22.0 Å². The standard InChI is InChI=1S/C11H9B9O2/c1-4-7(5(2)21)8(6(3)22)10(20(16)18-13)11(19(14)15)9(4)17-12/h1-3H3. The molecular weight excluding hydrogens is 261 g/mol. The van der Waals surface area contributed by atoms with Crippen LogP contribution in [0.1, 0.15) is 40.1 Å². The lowest BCUT2D eigenvalue weighted by atomic mass is 9.00. The van der Waals surface area contributed by atoms with E-state index in [4.69, 9.17) is 38.7 Å². The van der Waals surface area contributed by atoms with E-state index in [1.807, 2.05) is 0 Å². The Kier molecular flexibility index (Phi) is 6.64. The Bertz CT molecular complexity index is 614. The lowest BCUT2D eigenvalue weighted by Crippen LogP contribution is -2.63. The predicted octanol–water partition coefficient (Wildman–Crippen LogP) is -3.50. The first-order valence-corrected chi connectivity index (χ1v) is 6.77. The molecule has 0 unspecified atom stereocenters. The van der Waals surface area contributed by atoms with E-state index in [-0.39, 0.29) is 22.7 Å². The predicted molar refractivity (Wildman–Crippen MR) is 102 cm³/mol. The number of ketones is 2. The van der Waals surface area contributed by atoms with Crippen molar-refractivity contribution in [3.63, 3.8) is 0 Å². The quantitative estimate of drug-likeness (QED) is 0.397. The van der Waals surface area contributed by atoms with Gasteiger partial charge in [-0.25, -0.2) is 0 Å². The fourth-order valence-electron chi connectivity index (χ4n) is 2.76. The van der Waals surface area contributed by atoms with Crippen LogP contribution in [0.3, 0.4) is 0 Å². The molecule has 0 atom stereocenters. The van der Waals surface area contributed by atoms with Crippen molar-refractivity contribution < 1.29 is 9.59 Å². The Labute approximate surface area is 141 Å². The van der Waals surface area contributed by atoms with E-state index in [1.165, 1.54) is 28.1 Å². The second kappa shape index (κ2) is 7.61. The molecule has 0 fully saturated rings. The van der Waals surface area contributed by atoms with Crippen molar-refractivity contribution in [2.75, 3.05) is 0 Å². The van der Waals surface area contributed by atoms with Crippen LogP contribution in [0.2, 0.25) is 0 Å². The summed E-state index contributed by atoms with van der Waals surface area (Å²) in [6.45, 7) is 2.69. The van der Waals surface area contributed by atoms with Gasteiger partial charge in [-0.15, -0.1) is 10.9 Å². The summed E-state index contributed by atoms with van der Waals surface area (Å²) in [5, 5.41) is 0. The molecule has 1 rings (SSSR count). The van der Waals surface area contributed by atoms with Crippen LogP contribution in [0.15, 0.2) is 0 Å². The zero-order valence-electron chi connectivity index (χ0n) is 13.0. The lowest BCUT2D eigenvalue weighted by molar-refractivity contribution is 0.0981. The van der Waals surface area contributed by atoms with Gasteiger partial charge in [-0.3, -0.25) is 9.59 Å². The number of benzene rings is 1. The summed E-state index contributed by atoms with van der Waals surface area (Å²) in [7, 11) is 31.4. The largest absolute Gasteiger partial charge is 0.295 e. The zero-order valence-corrected chi connectivity index (χ0v) is 13.0. The molecule has 0 amide bonds. The molecule has 1 aromatic carbocycles. The first-order chi connectivity index (χ1) is 10.2. The minimum absolute atomic E-state index is 0.195. The van der Waals surface area contributed by atoms with E-state index in [9.17, 15) is 9.59 Å². The molecule has 0 aliphatic rings. The highest BCUT2D eigenvalue weighted by Gasteiger charge is 2.28. The average Bonchev–Trinajstić information content (AvgIpc) is 2.43. The molecule has 0 aliphatic carbocycles. The molecule has 0 saturated carbocycles. The van der Waals surface area contributed by atoms with Gasteiger partial charge in [-0.2, -0.15) is 0 Å². The van der Waals surface area contributed by atoms with Gasteiger partial charge in [-0.05, 0) is 26.3 Å². The van der Waals surface area contributed by atoms with Crippen molar-refractivity contribution >= 4 is 93.9 Å². The molecule has 92 valence electrons. The van der Waals surface area contributed by atoms with Gasteiger partial charge >= 0.3 is 0 Å². The van der Waals surface area contributed by atoms with Gasteiger partial charge in [0.25, 0.3) is 0 Å². The summed E-state index contributed by atoms with van der Waals surface area (Å²) in [5.74, 6) is -0.584. The van der Waals surface area contributed by atoms with Crippen LogP contribution in [0.25, 0.3) is 0 Å². The van der Waals surface area contributed by atoms with Gasteiger partial charge in [0.1, 0.15) is 0 Å². The summed E-state index contributed by atoms with van der Waals surface area (Å²) in [4.78, 5) is 24.2. The third kappa shape index (κ3) is 3.39. The van der Waals surface area contributed by atoms with Gasteiger partial charge in [0.15, 0.2) is 11.6 Å². The van der Waals surface area contributed by atoms with Crippen molar-refractivity contribution in [3.05, 3.63) is 16.7 Å². The number of hydrogen-bond donors (Lipinski definition) is 0. The maximum absolute atomic E-state index is 12.2. The van der Waals surface area contributed by atoms with Crippen molar-refractivity contribution in [2.24, 2.45) is 0 Å². The zero-order chi connectivity index (χ0) is 17.2. The van der Waals surface area contributed by atoms with Crippen LogP contribution >= 0.6 is 0 Å². The third-order valence-electron chi connectivity index (χ3n) is 3.62. The van der Waals surface area contributed by atoms with Crippen molar-refractivity contribution in [1.29, 1.82) is 0 Å². The summed E-state index contributed by atoms with van der Waals surface area (Å²) in [5.41, 5.74) is 2.27. The van der Waals surface area contributed by atoms with Crippen LogP contribution in [-0.2, 0) is 0 Å². The Hall–Kier alpha value is -0.856. The minimum atomic E-state index is -0.923. The first-order valence-electron chi connectivity index (χ1n) is 6.77. The topological polar surface area (TPSA) is 34.1 Å². The van der Waals surface area contributed by atoms with Gasteiger partial charge in [0.05, 0.1) is 20.2 Å². The van der Waals surface area contributed by atoms with Gasteiger partial charge in [-0.1, -0.05) is 5.46 Å². The second-order valence-electron chi connectivity index (χ2n) is 5.14. The van der Waals surface area contributed by atoms with Gasteiger partial charge < -0.3 is 0 Å². The van der Waals surface area contributed by atoms with E-state index < -0.39 is 13.0 Å². The van der Waals surface area contributed by atoms with Gasteiger partial charge in [0, 0.05) is 56.9 Å². The SMILES string of the molecule is [B][B]B([B])c1c(B([B])[B])c([B][B])c(C)c(C(C)=O)c1C(C)=O. The fourth-order valence-corrected chi connectivity index (χ4v) is 2.76. The van der Waals surface area contributed by atoms with Crippen LogP contribution in [0, 0.1) is 6.92 Å². The van der Waals surface area contributed by atoms with Crippen LogP contribution < -0.4 is 16.4 Å². The molecule has 0 spiro atoms. The highest BCUT2D eigenvalue weighted by molar-refractivity contribution is 7.52. The van der Waals surface area contributed by atoms with Crippen molar-refractivity contribution in [1.82, 2.24) is 0 Å². The van der Waals surface area contributed by atoms with E-state index in [2.05, 4.69) is 0 Å². The summed E-state index contributed by atoms with van der Waals surface area (Å²) in [6, 6.07) is 0.